The molecule has 0 aliphatic heterocycles. The van der Waals surface area contributed by atoms with Crippen LogP contribution in [0.5, 0.6) is 5.75 Å². The Hall–Kier alpha value is -1.62. The van der Waals surface area contributed by atoms with Gasteiger partial charge in [0.15, 0.2) is 0 Å². The van der Waals surface area contributed by atoms with E-state index in [1.165, 1.54) is 12.1 Å². The van der Waals surface area contributed by atoms with Gasteiger partial charge in [-0.05, 0) is 19.9 Å². The molecule has 3 N–H and O–H groups in total. The van der Waals surface area contributed by atoms with E-state index in [4.69, 9.17) is 10.5 Å². The minimum absolute atomic E-state index is 0.0868. The normalized spacial score (nSPS) is 12.0. The van der Waals surface area contributed by atoms with Crippen LogP contribution in [0.3, 0.4) is 0 Å². The first-order valence-electron chi connectivity index (χ1n) is 5.99. The van der Waals surface area contributed by atoms with Gasteiger partial charge < -0.3 is 15.8 Å². The van der Waals surface area contributed by atoms with E-state index in [1.54, 1.807) is 13.0 Å². The lowest BCUT2D eigenvalue weighted by atomic mass is 10.1. The number of nitrogens with two attached hydrogens (primary N) is 1. The van der Waals surface area contributed by atoms with Crippen molar-refractivity contribution in [2.45, 2.75) is 26.3 Å². The van der Waals surface area contributed by atoms with Crippen molar-refractivity contribution in [1.29, 1.82) is 0 Å². The van der Waals surface area contributed by atoms with Crippen LogP contribution >= 0.6 is 0 Å². The van der Waals surface area contributed by atoms with Gasteiger partial charge in [-0.3, -0.25) is 4.79 Å². The highest BCUT2D eigenvalue weighted by molar-refractivity contribution is 5.75. The maximum atomic E-state index is 13.1. The number of amides is 1. The molecule has 0 saturated heterocycles. The Labute approximate surface area is 106 Å². The van der Waals surface area contributed by atoms with Gasteiger partial charge in [-0.25, -0.2) is 4.39 Å². The Bertz CT molecular complexity index is 408. The molecular weight excluding hydrogens is 235 g/mol. The summed E-state index contributed by atoms with van der Waals surface area (Å²) in [5, 5.41) is 2.66. The minimum atomic E-state index is -0.382. The van der Waals surface area contributed by atoms with Crippen LogP contribution in [0.1, 0.15) is 31.9 Å². The fraction of sp³-hybridized carbons (Fsp3) is 0.462. The van der Waals surface area contributed by atoms with Crippen molar-refractivity contribution in [3.63, 3.8) is 0 Å². The largest absolute Gasteiger partial charge is 0.493 e. The molecule has 0 aromatic heterocycles. The van der Waals surface area contributed by atoms with Gasteiger partial charge >= 0.3 is 0 Å². The third kappa shape index (κ3) is 4.33. The van der Waals surface area contributed by atoms with Crippen molar-refractivity contribution in [3.05, 3.63) is 29.6 Å². The van der Waals surface area contributed by atoms with E-state index >= 15 is 0 Å². The molecule has 4 nitrogen and oxygen atoms in total. The standard InChI is InChI=1S/C13H19FN2O2/c1-3-16-13(17)6-7-18-12-8-10(14)4-5-11(12)9(2)15/h4-5,8-9H,3,6-7,15H2,1-2H3,(H,16,17). The molecule has 18 heavy (non-hydrogen) atoms. The first kappa shape index (κ1) is 14.4. The molecule has 100 valence electrons. The number of carbonyl (C=O) groups excluding carboxylic acids is 1. The molecule has 0 aliphatic carbocycles. The summed E-state index contributed by atoms with van der Waals surface area (Å²) in [5.41, 5.74) is 6.49. The molecular formula is C13H19FN2O2. The zero-order valence-electron chi connectivity index (χ0n) is 10.7. The molecule has 1 rings (SSSR count). The Kier molecular flexibility index (Phi) is 5.58. The van der Waals surface area contributed by atoms with Crippen molar-refractivity contribution in [3.8, 4) is 5.75 Å². The van der Waals surface area contributed by atoms with Crippen LogP contribution in [0, 0.1) is 5.82 Å². The summed E-state index contributed by atoms with van der Waals surface area (Å²) in [7, 11) is 0. The lowest BCUT2D eigenvalue weighted by Gasteiger charge is -2.14. The zero-order valence-corrected chi connectivity index (χ0v) is 10.7. The van der Waals surface area contributed by atoms with E-state index in [9.17, 15) is 9.18 Å². The van der Waals surface area contributed by atoms with Gasteiger partial charge in [-0.1, -0.05) is 6.07 Å². The highest BCUT2D eigenvalue weighted by Gasteiger charge is 2.10. The van der Waals surface area contributed by atoms with Crippen molar-refractivity contribution >= 4 is 5.91 Å². The molecule has 0 bridgehead atoms. The summed E-state index contributed by atoms with van der Waals surface area (Å²) < 4.78 is 18.5. The first-order chi connectivity index (χ1) is 8.54. The Balaban J connectivity index is 2.60. The number of hydrogen-bond donors (Lipinski definition) is 2. The van der Waals surface area contributed by atoms with Crippen molar-refractivity contribution < 1.29 is 13.9 Å². The molecule has 0 radical (unpaired) electrons. The van der Waals surface area contributed by atoms with E-state index in [0.29, 0.717) is 12.3 Å². The molecule has 5 heteroatoms. The van der Waals surface area contributed by atoms with Crippen LogP contribution in [0.15, 0.2) is 18.2 Å². The molecule has 1 atom stereocenters. The van der Waals surface area contributed by atoms with Gasteiger partial charge in [0.1, 0.15) is 11.6 Å². The Morgan fingerprint density at radius 3 is 2.89 bits per heavy atom. The minimum Gasteiger partial charge on any atom is -0.493 e. The highest BCUT2D eigenvalue weighted by Crippen LogP contribution is 2.24. The van der Waals surface area contributed by atoms with E-state index < -0.39 is 0 Å². The van der Waals surface area contributed by atoms with E-state index in [2.05, 4.69) is 5.32 Å². The SMILES string of the molecule is CCNC(=O)CCOc1cc(F)ccc1C(C)N. The summed E-state index contributed by atoms with van der Waals surface area (Å²) in [6.07, 6.45) is 0.239. The van der Waals surface area contributed by atoms with Gasteiger partial charge in [0, 0.05) is 24.2 Å². The molecule has 0 heterocycles. The molecule has 1 unspecified atom stereocenters. The summed E-state index contributed by atoms with van der Waals surface area (Å²) in [6, 6.07) is 3.98. The van der Waals surface area contributed by atoms with Gasteiger partial charge in [-0.2, -0.15) is 0 Å². The average Bonchev–Trinajstić information content (AvgIpc) is 2.29. The number of halogens is 1. The molecule has 1 amide bonds. The number of ether oxygens (including phenoxy) is 1. The lowest BCUT2D eigenvalue weighted by molar-refractivity contribution is -0.121. The Morgan fingerprint density at radius 2 is 2.28 bits per heavy atom. The summed E-state index contributed by atoms with van der Waals surface area (Å²) in [5.74, 6) is -0.0713. The number of rotatable bonds is 6. The van der Waals surface area contributed by atoms with Gasteiger partial charge in [-0.15, -0.1) is 0 Å². The Morgan fingerprint density at radius 1 is 1.56 bits per heavy atom. The van der Waals surface area contributed by atoms with Gasteiger partial charge in [0.2, 0.25) is 5.91 Å². The molecule has 1 aromatic rings. The second-order valence-electron chi connectivity index (χ2n) is 4.02. The van der Waals surface area contributed by atoms with E-state index in [-0.39, 0.29) is 30.8 Å². The first-order valence-corrected chi connectivity index (χ1v) is 5.99. The summed E-state index contributed by atoms with van der Waals surface area (Å²) in [4.78, 5) is 11.2. The van der Waals surface area contributed by atoms with Gasteiger partial charge in [0.25, 0.3) is 0 Å². The second-order valence-corrected chi connectivity index (χ2v) is 4.02. The summed E-state index contributed by atoms with van der Waals surface area (Å²) >= 11 is 0. The van der Waals surface area contributed by atoms with E-state index in [1.807, 2.05) is 6.92 Å². The smallest absolute Gasteiger partial charge is 0.223 e. The number of carbonyl (C=O) groups is 1. The summed E-state index contributed by atoms with van der Waals surface area (Å²) in [6.45, 7) is 4.43. The number of hydrogen-bond acceptors (Lipinski definition) is 3. The van der Waals surface area contributed by atoms with Crippen LogP contribution in [0.25, 0.3) is 0 Å². The maximum Gasteiger partial charge on any atom is 0.223 e. The maximum absolute atomic E-state index is 13.1. The fourth-order valence-electron chi connectivity index (χ4n) is 1.55. The molecule has 0 spiro atoms. The average molecular weight is 254 g/mol. The molecule has 1 aromatic carbocycles. The molecule has 0 fully saturated rings. The quantitative estimate of drug-likeness (QED) is 0.813. The highest BCUT2D eigenvalue weighted by atomic mass is 19.1. The monoisotopic (exact) mass is 254 g/mol. The fourth-order valence-corrected chi connectivity index (χ4v) is 1.55. The van der Waals surface area contributed by atoms with Crippen LogP contribution < -0.4 is 15.8 Å². The van der Waals surface area contributed by atoms with Crippen molar-refractivity contribution in [2.75, 3.05) is 13.2 Å². The van der Waals surface area contributed by atoms with Crippen LogP contribution in [0.2, 0.25) is 0 Å². The lowest BCUT2D eigenvalue weighted by Crippen LogP contribution is -2.24. The molecule has 0 aliphatic rings. The molecule has 0 saturated carbocycles. The van der Waals surface area contributed by atoms with Crippen LogP contribution in [-0.4, -0.2) is 19.1 Å². The second kappa shape index (κ2) is 6.96. The van der Waals surface area contributed by atoms with Crippen LogP contribution in [0.4, 0.5) is 4.39 Å². The van der Waals surface area contributed by atoms with Crippen molar-refractivity contribution in [1.82, 2.24) is 5.32 Å². The third-order valence-electron chi connectivity index (χ3n) is 2.43. The van der Waals surface area contributed by atoms with Gasteiger partial charge in [0.05, 0.1) is 13.0 Å². The van der Waals surface area contributed by atoms with Crippen molar-refractivity contribution in [2.24, 2.45) is 5.73 Å². The zero-order chi connectivity index (χ0) is 13.5. The van der Waals surface area contributed by atoms with Crippen LogP contribution in [-0.2, 0) is 4.79 Å². The van der Waals surface area contributed by atoms with E-state index in [0.717, 1.165) is 5.56 Å². The predicted molar refractivity (Wildman–Crippen MR) is 67.8 cm³/mol. The predicted octanol–water partition coefficient (Wildman–Crippen LogP) is 1.75. The number of nitrogens with one attached hydrogen (secondary N) is 1. The number of benzene rings is 1. The third-order valence-corrected chi connectivity index (χ3v) is 2.43. The topological polar surface area (TPSA) is 64.3 Å².